The Bertz CT molecular complexity index is 1590. The zero-order chi connectivity index (χ0) is 24.1. The summed E-state index contributed by atoms with van der Waals surface area (Å²) in [6.45, 7) is 2.30. The van der Waals surface area contributed by atoms with Crippen LogP contribution in [0.1, 0.15) is 48.3 Å². The highest BCUT2D eigenvalue weighted by atomic mass is 79.9. The smallest absolute Gasteiger partial charge is 0.0457 e. The Morgan fingerprint density at radius 2 is 1.00 bits per heavy atom. The van der Waals surface area contributed by atoms with Crippen LogP contribution in [-0.4, -0.2) is 15.0 Å². The summed E-state index contributed by atoms with van der Waals surface area (Å²) in [6.07, 6.45) is 8.69. The molecule has 0 spiro atoms. The lowest BCUT2D eigenvalue weighted by molar-refractivity contribution is 0.569. The number of halogens is 3. The first-order valence-corrected chi connectivity index (χ1v) is 14.2. The summed E-state index contributed by atoms with van der Waals surface area (Å²) in [6, 6.07) is 19.5. The molecule has 35 heavy (non-hydrogen) atoms. The van der Waals surface area contributed by atoms with E-state index in [4.69, 9.17) is 0 Å². The average Bonchev–Trinajstić information content (AvgIpc) is 3.57. The van der Waals surface area contributed by atoms with Crippen LogP contribution in [0.25, 0.3) is 32.7 Å². The zero-order valence-electron chi connectivity index (χ0n) is 19.1. The fraction of sp³-hybridized carbons (Fsp3) is 0.172. The zero-order valence-corrected chi connectivity index (χ0v) is 23.9. The minimum absolute atomic E-state index is 0.225. The third-order valence-electron chi connectivity index (χ3n) is 7.23. The highest BCUT2D eigenvalue weighted by molar-refractivity contribution is 9.11. The minimum Gasteiger partial charge on any atom is -0.361 e. The van der Waals surface area contributed by atoms with E-state index in [9.17, 15) is 0 Å². The SMILES string of the molecule is CCC(CC(c1c[nH]c2ccc(Br)cc12)c1c[nH]c2ccc(Br)cc12)c1c[nH]c2ccc(Br)cc12. The van der Waals surface area contributed by atoms with Gasteiger partial charge in [-0.05, 0) is 90.0 Å². The molecule has 0 aliphatic heterocycles. The fourth-order valence-corrected chi connectivity index (χ4v) is 6.56. The molecule has 0 saturated heterocycles. The number of benzene rings is 3. The molecule has 1 atom stereocenters. The molecule has 0 fully saturated rings. The topological polar surface area (TPSA) is 47.4 Å². The summed E-state index contributed by atoms with van der Waals surface area (Å²) in [5.41, 5.74) is 7.57. The van der Waals surface area contributed by atoms with E-state index in [-0.39, 0.29) is 5.92 Å². The maximum absolute atomic E-state index is 3.69. The van der Waals surface area contributed by atoms with Gasteiger partial charge in [0.05, 0.1) is 0 Å². The van der Waals surface area contributed by atoms with E-state index in [1.54, 1.807) is 0 Å². The van der Waals surface area contributed by atoms with Gasteiger partial charge in [0.2, 0.25) is 0 Å². The van der Waals surface area contributed by atoms with Crippen LogP contribution < -0.4 is 0 Å². The molecular weight excluding hydrogens is 630 g/mol. The van der Waals surface area contributed by atoms with Gasteiger partial charge in [-0.15, -0.1) is 0 Å². The molecule has 0 saturated carbocycles. The van der Waals surface area contributed by atoms with Crippen LogP contribution in [-0.2, 0) is 0 Å². The number of aromatic amines is 3. The molecule has 0 aliphatic rings. The van der Waals surface area contributed by atoms with E-state index >= 15 is 0 Å². The molecule has 0 amide bonds. The van der Waals surface area contributed by atoms with E-state index in [2.05, 4.69) is 143 Å². The molecule has 6 aromatic rings. The lowest BCUT2D eigenvalue weighted by Gasteiger charge is -2.23. The molecule has 3 heterocycles. The molecule has 176 valence electrons. The molecule has 0 bridgehead atoms. The molecule has 6 rings (SSSR count). The number of nitrogens with one attached hydrogen (secondary N) is 3. The number of hydrogen-bond donors (Lipinski definition) is 3. The Morgan fingerprint density at radius 1 is 0.600 bits per heavy atom. The minimum atomic E-state index is 0.225. The quantitative estimate of drug-likeness (QED) is 0.160. The second-order valence-electron chi connectivity index (χ2n) is 9.20. The number of fused-ring (bicyclic) bond motifs is 3. The van der Waals surface area contributed by atoms with Gasteiger partial charge in [0.1, 0.15) is 0 Å². The van der Waals surface area contributed by atoms with Gasteiger partial charge in [0, 0.05) is 70.6 Å². The number of H-pyrrole nitrogens is 3. The Kier molecular flexibility index (Phi) is 6.15. The molecule has 3 nitrogen and oxygen atoms in total. The maximum atomic E-state index is 3.69. The first-order valence-electron chi connectivity index (χ1n) is 11.8. The molecule has 3 aromatic carbocycles. The van der Waals surface area contributed by atoms with Crippen LogP contribution in [0.4, 0.5) is 0 Å². The molecule has 3 aromatic heterocycles. The largest absolute Gasteiger partial charge is 0.361 e. The van der Waals surface area contributed by atoms with Gasteiger partial charge in [0.25, 0.3) is 0 Å². The van der Waals surface area contributed by atoms with Crippen molar-refractivity contribution in [1.29, 1.82) is 0 Å². The summed E-state index contributed by atoms with van der Waals surface area (Å²) >= 11 is 11.1. The second-order valence-corrected chi connectivity index (χ2v) is 11.9. The maximum Gasteiger partial charge on any atom is 0.0457 e. The first-order chi connectivity index (χ1) is 17.0. The van der Waals surface area contributed by atoms with Gasteiger partial charge in [-0.2, -0.15) is 0 Å². The van der Waals surface area contributed by atoms with Crippen molar-refractivity contribution in [2.24, 2.45) is 0 Å². The van der Waals surface area contributed by atoms with Crippen LogP contribution in [0.5, 0.6) is 0 Å². The summed E-state index contributed by atoms with van der Waals surface area (Å²) in [5, 5.41) is 3.84. The highest BCUT2D eigenvalue weighted by Crippen LogP contribution is 2.44. The predicted octanol–water partition coefficient (Wildman–Crippen LogP) is 10.1. The van der Waals surface area contributed by atoms with Gasteiger partial charge in [-0.3, -0.25) is 0 Å². The molecule has 1 unspecified atom stereocenters. The van der Waals surface area contributed by atoms with E-state index in [0.717, 1.165) is 26.3 Å². The van der Waals surface area contributed by atoms with Gasteiger partial charge in [-0.1, -0.05) is 54.7 Å². The lowest BCUT2D eigenvalue weighted by atomic mass is 9.80. The Balaban J connectivity index is 1.52. The van der Waals surface area contributed by atoms with Crippen molar-refractivity contribution in [3.05, 3.63) is 103 Å². The van der Waals surface area contributed by atoms with Crippen LogP contribution in [0, 0.1) is 0 Å². The summed E-state index contributed by atoms with van der Waals surface area (Å²) < 4.78 is 3.31. The number of aromatic nitrogens is 3. The van der Waals surface area contributed by atoms with Crippen molar-refractivity contribution in [3.63, 3.8) is 0 Å². The van der Waals surface area contributed by atoms with Crippen molar-refractivity contribution < 1.29 is 0 Å². The van der Waals surface area contributed by atoms with Crippen LogP contribution in [0.3, 0.4) is 0 Å². The molecule has 3 N–H and O–H groups in total. The average molecular weight is 654 g/mol. The standard InChI is InChI=1S/C29H24Br3N3/c1-2-16(24-13-33-27-6-3-17(30)10-21(24)27)9-20(25-14-34-28-7-4-18(31)11-22(25)28)26-15-35-29-8-5-19(32)12-23(26)29/h3-8,10-16,20,33-35H,2,9H2,1H3. The van der Waals surface area contributed by atoms with Gasteiger partial charge in [-0.25, -0.2) is 0 Å². The molecule has 0 radical (unpaired) electrons. The monoisotopic (exact) mass is 651 g/mol. The first kappa shape index (κ1) is 23.1. The van der Waals surface area contributed by atoms with Crippen molar-refractivity contribution in [3.8, 4) is 0 Å². The third-order valence-corrected chi connectivity index (χ3v) is 8.71. The third kappa shape index (κ3) is 4.20. The lowest BCUT2D eigenvalue weighted by Crippen LogP contribution is -2.07. The molecule has 6 heteroatoms. The summed E-state index contributed by atoms with van der Waals surface area (Å²) in [5.74, 6) is 0.625. The fourth-order valence-electron chi connectivity index (χ4n) is 5.48. The predicted molar refractivity (Wildman–Crippen MR) is 157 cm³/mol. The Morgan fingerprint density at radius 3 is 1.43 bits per heavy atom. The van der Waals surface area contributed by atoms with Crippen LogP contribution in [0.2, 0.25) is 0 Å². The van der Waals surface area contributed by atoms with Crippen molar-refractivity contribution >= 4 is 80.5 Å². The number of rotatable bonds is 6. The second kappa shape index (κ2) is 9.30. The summed E-state index contributed by atoms with van der Waals surface area (Å²) in [4.78, 5) is 10.6. The van der Waals surface area contributed by atoms with Crippen molar-refractivity contribution in [1.82, 2.24) is 15.0 Å². The van der Waals surface area contributed by atoms with E-state index in [1.165, 1.54) is 49.4 Å². The van der Waals surface area contributed by atoms with Crippen molar-refractivity contribution in [2.45, 2.75) is 31.6 Å². The Hall–Kier alpha value is -2.28. The van der Waals surface area contributed by atoms with Crippen molar-refractivity contribution in [2.75, 3.05) is 0 Å². The molecule has 0 aliphatic carbocycles. The van der Waals surface area contributed by atoms with Gasteiger partial charge >= 0.3 is 0 Å². The summed E-state index contributed by atoms with van der Waals surface area (Å²) in [7, 11) is 0. The Labute approximate surface area is 229 Å². The van der Waals surface area contributed by atoms with Crippen LogP contribution >= 0.6 is 47.8 Å². The van der Waals surface area contributed by atoms with Crippen LogP contribution in [0.15, 0.2) is 86.6 Å². The van der Waals surface area contributed by atoms with Gasteiger partial charge in [0.15, 0.2) is 0 Å². The normalized spacial score (nSPS) is 12.9. The van der Waals surface area contributed by atoms with Gasteiger partial charge < -0.3 is 15.0 Å². The molecular formula is C29H24Br3N3. The number of hydrogen-bond acceptors (Lipinski definition) is 0. The van der Waals surface area contributed by atoms with E-state index in [1.807, 2.05) is 0 Å². The van der Waals surface area contributed by atoms with E-state index < -0.39 is 0 Å². The van der Waals surface area contributed by atoms with E-state index in [0.29, 0.717) is 5.92 Å². The highest BCUT2D eigenvalue weighted by Gasteiger charge is 2.26.